The Morgan fingerprint density at radius 1 is 1.28 bits per heavy atom. The maximum Gasteiger partial charge on any atom is 0.194 e. The van der Waals surface area contributed by atoms with Crippen molar-refractivity contribution in [1.82, 2.24) is 10.2 Å². The van der Waals surface area contributed by atoms with Crippen LogP contribution in [-0.2, 0) is 17.7 Å². The second-order valence-corrected chi connectivity index (χ2v) is 7.94. The van der Waals surface area contributed by atoms with Gasteiger partial charge in [0, 0.05) is 44.1 Å². The molecule has 1 saturated heterocycles. The number of hydrogen-bond acceptors (Lipinski definition) is 2. The minimum absolute atomic E-state index is 0. The van der Waals surface area contributed by atoms with E-state index in [1.54, 1.807) is 0 Å². The maximum atomic E-state index is 6.05. The van der Waals surface area contributed by atoms with Crippen LogP contribution < -0.4 is 5.32 Å². The van der Waals surface area contributed by atoms with Crippen molar-refractivity contribution in [3.63, 3.8) is 0 Å². The number of nitrogens with zero attached hydrogens (tertiary/aromatic N) is 2. The van der Waals surface area contributed by atoms with Gasteiger partial charge in [-0.15, -0.1) is 24.0 Å². The molecule has 1 spiro atoms. The number of hydrogen-bond donors (Lipinski definition) is 1. The molecule has 2 aliphatic heterocycles. The molecule has 25 heavy (non-hydrogen) atoms. The van der Waals surface area contributed by atoms with Gasteiger partial charge in [-0.3, -0.25) is 4.99 Å². The molecule has 5 rings (SSSR count). The van der Waals surface area contributed by atoms with Gasteiger partial charge in [0.15, 0.2) is 5.96 Å². The number of guanidine groups is 1. The molecule has 3 unspecified atom stereocenters. The molecule has 0 bridgehead atoms. The Morgan fingerprint density at radius 2 is 2.08 bits per heavy atom. The Hall–Kier alpha value is -0.820. The van der Waals surface area contributed by atoms with Gasteiger partial charge in [0.2, 0.25) is 0 Å². The van der Waals surface area contributed by atoms with Gasteiger partial charge in [-0.2, -0.15) is 0 Å². The van der Waals surface area contributed by atoms with Crippen molar-refractivity contribution in [2.24, 2.45) is 16.3 Å². The Morgan fingerprint density at radius 3 is 2.80 bits per heavy atom. The third-order valence-electron chi connectivity index (χ3n) is 6.96. The summed E-state index contributed by atoms with van der Waals surface area (Å²) in [6.07, 6.45) is 6.85. The SMILES string of the molecule is CN=C(NC1C2CCOC2C12CCC2)N1CCc2ccccc2C1.I. The summed E-state index contributed by atoms with van der Waals surface area (Å²) in [5.74, 6) is 1.78. The van der Waals surface area contributed by atoms with Gasteiger partial charge >= 0.3 is 0 Å². The summed E-state index contributed by atoms with van der Waals surface area (Å²) in [6.45, 7) is 2.98. The molecule has 0 aromatic heterocycles. The third-order valence-corrected chi connectivity index (χ3v) is 6.96. The van der Waals surface area contributed by atoms with Crippen LogP contribution in [0, 0.1) is 11.3 Å². The fourth-order valence-corrected chi connectivity index (χ4v) is 5.57. The average Bonchev–Trinajstić information content (AvgIpc) is 2.99. The summed E-state index contributed by atoms with van der Waals surface area (Å²) in [5.41, 5.74) is 3.35. The lowest BCUT2D eigenvalue weighted by atomic mass is 9.46. The molecule has 3 fully saturated rings. The highest BCUT2D eigenvalue weighted by Gasteiger charge is 2.66. The van der Waals surface area contributed by atoms with E-state index in [1.165, 1.54) is 36.8 Å². The Balaban J connectivity index is 0.00000157. The van der Waals surface area contributed by atoms with Crippen molar-refractivity contribution >= 4 is 29.9 Å². The van der Waals surface area contributed by atoms with Crippen molar-refractivity contribution in [2.75, 3.05) is 20.2 Å². The molecule has 4 nitrogen and oxygen atoms in total. The second kappa shape index (κ2) is 6.72. The molecule has 2 heterocycles. The normalized spacial score (nSPS) is 32.1. The van der Waals surface area contributed by atoms with E-state index in [4.69, 9.17) is 4.74 Å². The minimum atomic E-state index is 0. The monoisotopic (exact) mass is 453 g/mol. The second-order valence-electron chi connectivity index (χ2n) is 7.94. The number of nitrogens with one attached hydrogen (secondary N) is 1. The van der Waals surface area contributed by atoms with Gasteiger partial charge in [0.1, 0.15) is 0 Å². The van der Waals surface area contributed by atoms with Gasteiger partial charge in [0.05, 0.1) is 6.10 Å². The van der Waals surface area contributed by atoms with E-state index < -0.39 is 0 Å². The molecule has 2 aliphatic carbocycles. The van der Waals surface area contributed by atoms with E-state index in [1.807, 2.05) is 7.05 Å². The van der Waals surface area contributed by atoms with Crippen molar-refractivity contribution < 1.29 is 4.74 Å². The van der Waals surface area contributed by atoms with E-state index >= 15 is 0 Å². The summed E-state index contributed by atoms with van der Waals surface area (Å²) in [6, 6.07) is 9.38. The van der Waals surface area contributed by atoms with Crippen LogP contribution in [0.1, 0.15) is 36.8 Å². The van der Waals surface area contributed by atoms with E-state index in [0.717, 1.165) is 32.1 Å². The molecule has 1 N–H and O–H groups in total. The molecule has 5 heteroatoms. The van der Waals surface area contributed by atoms with Crippen molar-refractivity contribution in [2.45, 2.75) is 50.8 Å². The van der Waals surface area contributed by atoms with E-state index in [9.17, 15) is 0 Å². The topological polar surface area (TPSA) is 36.9 Å². The summed E-state index contributed by atoms with van der Waals surface area (Å²) in [4.78, 5) is 7.06. The number of rotatable bonds is 1. The first-order valence-corrected chi connectivity index (χ1v) is 9.48. The number of benzene rings is 1. The minimum Gasteiger partial charge on any atom is -0.377 e. The van der Waals surface area contributed by atoms with Crippen LogP contribution in [0.25, 0.3) is 0 Å². The summed E-state index contributed by atoms with van der Waals surface area (Å²) < 4.78 is 6.05. The van der Waals surface area contributed by atoms with Crippen LogP contribution in [0.2, 0.25) is 0 Å². The molecule has 0 amide bonds. The molecule has 136 valence electrons. The van der Waals surface area contributed by atoms with Gasteiger partial charge in [-0.1, -0.05) is 30.7 Å². The standard InChI is InChI=1S/C20H27N3O.HI/c1-21-19(23-11-7-14-5-2-3-6-15(14)13-23)22-17-16-8-12-24-18(16)20(17)9-4-10-20;/h2-3,5-6,16-18H,4,7-13H2,1H3,(H,21,22);1H. The quantitative estimate of drug-likeness (QED) is 0.403. The first-order valence-electron chi connectivity index (χ1n) is 9.48. The zero-order valence-corrected chi connectivity index (χ0v) is 17.2. The van der Waals surface area contributed by atoms with E-state index in [-0.39, 0.29) is 24.0 Å². The van der Waals surface area contributed by atoms with E-state index in [2.05, 4.69) is 39.5 Å². The molecule has 3 atom stereocenters. The smallest absolute Gasteiger partial charge is 0.194 e. The van der Waals surface area contributed by atoms with Crippen molar-refractivity contribution in [3.8, 4) is 0 Å². The number of aliphatic imine (C=N–C) groups is 1. The molecular weight excluding hydrogens is 425 g/mol. The molecule has 1 aromatic carbocycles. The first kappa shape index (κ1) is 17.6. The summed E-state index contributed by atoms with van der Waals surface area (Å²) in [7, 11) is 1.93. The molecule has 2 saturated carbocycles. The van der Waals surface area contributed by atoms with Crippen LogP contribution in [0.5, 0.6) is 0 Å². The van der Waals surface area contributed by atoms with Crippen LogP contribution in [0.3, 0.4) is 0 Å². The lowest BCUT2D eigenvalue weighted by molar-refractivity contribution is -0.171. The Bertz CT molecular complexity index is 673. The average molecular weight is 453 g/mol. The van der Waals surface area contributed by atoms with Crippen LogP contribution in [0.4, 0.5) is 0 Å². The summed E-state index contributed by atoms with van der Waals surface area (Å²) in [5, 5.41) is 3.86. The number of halogens is 1. The van der Waals surface area contributed by atoms with Crippen molar-refractivity contribution in [3.05, 3.63) is 35.4 Å². The third kappa shape index (κ3) is 2.60. The molecular formula is C20H28IN3O. The van der Waals surface area contributed by atoms with Gasteiger partial charge in [-0.05, 0) is 36.8 Å². The maximum absolute atomic E-state index is 6.05. The fraction of sp³-hybridized carbons (Fsp3) is 0.650. The highest BCUT2D eigenvalue weighted by Crippen LogP contribution is 2.62. The molecule has 1 aromatic rings. The number of fused-ring (bicyclic) bond motifs is 3. The zero-order chi connectivity index (χ0) is 16.1. The van der Waals surface area contributed by atoms with Gasteiger partial charge in [0.25, 0.3) is 0 Å². The predicted molar refractivity (Wildman–Crippen MR) is 110 cm³/mol. The van der Waals surface area contributed by atoms with Gasteiger partial charge < -0.3 is 15.0 Å². The van der Waals surface area contributed by atoms with Crippen molar-refractivity contribution in [1.29, 1.82) is 0 Å². The molecule has 4 aliphatic rings. The van der Waals surface area contributed by atoms with Crippen LogP contribution >= 0.6 is 24.0 Å². The Labute approximate surface area is 167 Å². The first-order chi connectivity index (χ1) is 11.8. The van der Waals surface area contributed by atoms with Crippen LogP contribution in [0.15, 0.2) is 29.3 Å². The predicted octanol–water partition coefficient (Wildman–Crippen LogP) is 3.20. The van der Waals surface area contributed by atoms with Crippen LogP contribution in [-0.4, -0.2) is 43.2 Å². The van der Waals surface area contributed by atoms with E-state index in [0.29, 0.717) is 23.5 Å². The fourth-order valence-electron chi connectivity index (χ4n) is 5.57. The zero-order valence-electron chi connectivity index (χ0n) is 14.9. The summed E-state index contributed by atoms with van der Waals surface area (Å²) >= 11 is 0. The number of ether oxygens (including phenoxy) is 1. The highest BCUT2D eigenvalue weighted by atomic mass is 127. The largest absolute Gasteiger partial charge is 0.377 e. The lowest BCUT2D eigenvalue weighted by Gasteiger charge is -2.63. The highest BCUT2D eigenvalue weighted by molar-refractivity contribution is 14.0. The van der Waals surface area contributed by atoms with Gasteiger partial charge in [-0.25, -0.2) is 0 Å². The lowest BCUT2D eigenvalue weighted by Crippen LogP contribution is -2.72. The molecule has 0 radical (unpaired) electrons. The Kier molecular flexibility index (Phi) is 4.73.